The van der Waals surface area contributed by atoms with Gasteiger partial charge in [-0.2, -0.15) is 13.2 Å². The molecule has 0 saturated carbocycles. The number of aromatic nitrogens is 1. The van der Waals surface area contributed by atoms with E-state index in [1.54, 1.807) is 18.0 Å². The summed E-state index contributed by atoms with van der Waals surface area (Å²) in [6, 6.07) is 3.51. The smallest absolute Gasteiger partial charge is 0.416 e. The topological polar surface area (TPSA) is 55.3 Å². The highest BCUT2D eigenvalue weighted by atomic mass is 19.4. The number of nitrogens with zero attached hydrogens (tertiary/aromatic N) is 2. The van der Waals surface area contributed by atoms with Crippen molar-refractivity contribution in [3.63, 3.8) is 0 Å². The van der Waals surface area contributed by atoms with Gasteiger partial charge in [0, 0.05) is 19.2 Å². The Bertz CT molecular complexity index is 552. The van der Waals surface area contributed by atoms with Crippen molar-refractivity contribution in [1.82, 2.24) is 4.98 Å². The summed E-state index contributed by atoms with van der Waals surface area (Å²) in [5, 5.41) is 0. The standard InChI is InChI=1S/C12H12F3N3O/c1-18(6-8-2-3-19-7-8)11-5-9(12(13,14)15)4-10(16)17-11/h2-5,7H,6H2,1H3,(H2,16,17). The maximum atomic E-state index is 12.7. The first kappa shape index (κ1) is 13.3. The largest absolute Gasteiger partial charge is 0.472 e. The van der Waals surface area contributed by atoms with E-state index in [9.17, 15) is 13.2 Å². The Hall–Kier alpha value is -2.18. The normalized spacial score (nSPS) is 11.6. The molecule has 0 aliphatic heterocycles. The van der Waals surface area contributed by atoms with Crippen LogP contribution in [-0.2, 0) is 12.7 Å². The molecule has 0 spiro atoms. The van der Waals surface area contributed by atoms with Gasteiger partial charge in [0.15, 0.2) is 0 Å². The van der Waals surface area contributed by atoms with Gasteiger partial charge in [-0.3, -0.25) is 0 Å². The first-order valence-corrected chi connectivity index (χ1v) is 5.43. The zero-order valence-electron chi connectivity index (χ0n) is 10.1. The number of alkyl halides is 3. The molecule has 0 saturated heterocycles. The van der Waals surface area contributed by atoms with Crippen LogP contribution in [0.3, 0.4) is 0 Å². The molecule has 7 heteroatoms. The molecule has 0 radical (unpaired) electrons. The van der Waals surface area contributed by atoms with Crippen LogP contribution in [0.4, 0.5) is 24.8 Å². The first-order valence-electron chi connectivity index (χ1n) is 5.43. The number of nitrogen functional groups attached to an aromatic ring is 1. The van der Waals surface area contributed by atoms with Crippen molar-refractivity contribution in [2.45, 2.75) is 12.7 Å². The van der Waals surface area contributed by atoms with Crippen LogP contribution in [0, 0.1) is 0 Å². The first-order chi connectivity index (χ1) is 8.86. The summed E-state index contributed by atoms with van der Waals surface area (Å²) >= 11 is 0. The van der Waals surface area contributed by atoms with E-state index in [1.807, 2.05) is 0 Å². The highest BCUT2D eigenvalue weighted by Crippen LogP contribution is 2.32. The predicted molar refractivity (Wildman–Crippen MR) is 64.5 cm³/mol. The molecule has 0 aromatic carbocycles. The van der Waals surface area contributed by atoms with Crippen LogP contribution in [0.25, 0.3) is 0 Å². The van der Waals surface area contributed by atoms with Gasteiger partial charge in [-0.15, -0.1) is 0 Å². The van der Waals surface area contributed by atoms with Crippen molar-refractivity contribution >= 4 is 11.6 Å². The van der Waals surface area contributed by atoms with Gasteiger partial charge in [0.1, 0.15) is 11.6 Å². The zero-order valence-corrected chi connectivity index (χ0v) is 10.1. The molecule has 2 heterocycles. The number of rotatable bonds is 3. The van der Waals surface area contributed by atoms with Gasteiger partial charge in [-0.25, -0.2) is 4.98 Å². The van der Waals surface area contributed by atoms with Crippen LogP contribution in [0.2, 0.25) is 0 Å². The van der Waals surface area contributed by atoms with Crippen LogP contribution in [0.1, 0.15) is 11.1 Å². The van der Waals surface area contributed by atoms with Crippen molar-refractivity contribution in [3.8, 4) is 0 Å². The Morgan fingerprint density at radius 1 is 1.37 bits per heavy atom. The maximum Gasteiger partial charge on any atom is 0.416 e. The molecule has 0 fully saturated rings. The minimum atomic E-state index is -4.44. The third-order valence-corrected chi connectivity index (χ3v) is 2.55. The molecule has 2 aromatic rings. The van der Waals surface area contributed by atoms with Crippen molar-refractivity contribution in [1.29, 1.82) is 0 Å². The zero-order chi connectivity index (χ0) is 14.0. The molecule has 0 unspecified atom stereocenters. The monoisotopic (exact) mass is 271 g/mol. The highest BCUT2D eigenvalue weighted by Gasteiger charge is 2.31. The number of nitrogens with two attached hydrogens (primary N) is 1. The Balaban J connectivity index is 2.26. The molecule has 0 aliphatic rings. The molecular weight excluding hydrogens is 259 g/mol. The molecule has 19 heavy (non-hydrogen) atoms. The van der Waals surface area contributed by atoms with E-state index in [0.717, 1.165) is 17.7 Å². The Kier molecular flexibility index (Phi) is 3.37. The fourth-order valence-corrected chi connectivity index (χ4v) is 1.63. The van der Waals surface area contributed by atoms with Gasteiger partial charge in [0.2, 0.25) is 0 Å². The van der Waals surface area contributed by atoms with Crippen LogP contribution < -0.4 is 10.6 Å². The molecule has 0 aliphatic carbocycles. The van der Waals surface area contributed by atoms with Crippen LogP contribution in [0.5, 0.6) is 0 Å². The third kappa shape index (κ3) is 3.18. The molecular formula is C12H12F3N3O. The SMILES string of the molecule is CN(Cc1ccoc1)c1cc(C(F)(F)F)cc(N)n1. The summed E-state index contributed by atoms with van der Waals surface area (Å²) in [4.78, 5) is 5.47. The molecule has 4 nitrogen and oxygen atoms in total. The van der Waals surface area contributed by atoms with Gasteiger partial charge < -0.3 is 15.1 Å². The highest BCUT2D eigenvalue weighted by molar-refractivity contribution is 5.49. The summed E-state index contributed by atoms with van der Waals surface area (Å²) in [7, 11) is 1.63. The lowest BCUT2D eigenvalue weighted by atomic mass is 10.2. The summed E-state index contributed by atoms with van der Waals surface area (Å²) < 4.78 is 42.9. The second-order valence-corrected chi connectivity index (χ2v) is 4.12. The lowest BCUT2D eigenvalue weighted by Crippen LogP contribution is -2.19. The average molecular weight is 271 g/mol. The number of hydrogen-bond acceptors (Lipinski definition) is 4. The molecule has 0 bridgehead atoms. The number of pyridine rings is 1. The lowest BCUT2D eigenvalue weighted by molar-refractivity contribution is -0.137. The average Bonchev–Trinajstić information content (AvgIpc) is 2.79. The maximum absolute atomic E-state index is 12.7. The van der Waals surface area contributed by atoms with E-state index in [4.69, 9.17) is 10.2 Å². The molecule has 0 amide bonds. The fourth-order valence-electron chi connectivity index (χ4n) is 1.63. The van der Waals surface area contributed by atoms with E-state index in [0.29, 0.717) is 6.54 Å². The Morgan fingerprint density at radius 3 is 2.68 bits per heavy atom. The number of hydrogen-bond donors (Lipinski definition) is 1. The van der Waals surface area contributed by atoms with Gasteiger partial charge in [-0.1, -0.05) is 0 Å². The van der Waals surface area contributed by atoms with Crippen molar-refractivity contribution < 1.29 is 17.6 Å². The molecule has 2 aromatic heterocycles. The summed E-state index contributed by atoms with van der Waals surface area (Å²) in [6.07, 6.45) is -1.42. The summed E-state index contributed by atoms with van der Waals surface area (Å²) in [6.45, 7) is 0.379. The van der Waals surface area contributed by atoms with E-state index >= 15 is 0 Å². The van der Waals surface area contributed by atoms with E-state index in [2.05, 4.69) is 4.98 Å². The van der Waals surface area contributed by atoms with E-state index in [-0.39, 0.29) is 11.6 Å². The van der Waals surface area contributed by atoms with Crippen molar-refractivity contribution in [3.05, 3.63) is 41.9 Å². The van der Waals surface area contributed by atoms with Gasteiger partial charge in [0.25, 0.3) is 0 Å². The molecule has 0 atom stereocenters. The van der Waals surface area contributed by atoms with Crippen LogP contribution in [0.15, 0.2) is 35.1 Å². The number of anilines is 2. The lowest BCUT2D eigenvalue weighted by Gasteiger charge is -2.19. The van der Waals surface area contributed by atoms with Crippen LogP contribution in [-0.4, -0.2) is 12.0 Å². The van der Waals surface area contributed by atoms with Gasteiger partial charge in [0.05, 0.1) is 18.1 Å². The van der Waals surface area contributed by atoms with E-state index < -0.39 is 11.7 Å². The van der Waals surface area contributed by atoms with Gasteiger partial charge in [-0.05, 0) is 18.2 Å². The fraction of sp³-hybridized carbons (Fsp3) is 0.250. The second-order valence-electron chi connectivity index (χ2n) is 4.12. The molecule has 102 valence electrons. The third-order valence-electron chi connectivity index (χ3n) is 2.55. The summed E-state index contributed by atoms with van der Waals surface area (Å²) in [5.74, 6) is -0.00241. The molecule has 2 rings (SSSR count). The van der Waals surface area contributed by atoms with Gasteiger partial charge >= 0.3 is 6.18 Å². The summed E-state index contributed by atoms with van der Waals surface area (Å²) in [5.41, 5.74) is 5.43. The minimum Gasteiger partial charge on any atom is -0.472 e. The minimum absolute atomic E-state index is 0.161. The number of furan rings is 1. The Labute approximate surface area is 107 Å². The van der Waals surface area contributed by atoms with Crippen molar-refractivity contribution in [2.75, 3.05) is 17.7 Å². The predicted octanol–water partition coefficient (Wildman–Crippen LogP) is 2.91. The number of halogens is 3. The Morgan fingerprint density at radius 2 is 2.11 bits per heavy atom. The van der Waals surface area contributed by atoms with Crippen LogP contribution >= 0.6 is 0 Å². The quantitative estimate of drug-likeness (QED) is 0.932. The van der Waals surface area contributed by atoms with E-state index in [1.165, 1.54) is 12.5 Å². The second kappa shape index (κ2) is 4.83. The molecule has 2 N–H and O–H groups in total. The van der Waals surface area contributed by atoms with Crippen molar-refractivity contribution in [2.24, 2.45) is 0 Å².